The average molecular weight is 485 g/mol. The summed E-state index contributed by atoms with van der Waals surface area (Å²) in [6.45, 7) is -0.0133. The van der Waals surface area contributed by atoms with Gasteiger partial charge >= 0.3 is 0 Å². The van der Waals surface area contributed by atoms with Crippen LogP contribution >= 0.6 is 23.2 Å². The first-order valence-corrected chi connectivity index (χ1v) is 11.4. The summed E-state index contributed by atoms with van der Waals surface area (Å²) < 4.78 is 52.1. The van der Waals surface area contributed by atoms with Crippen LogP contribution in [0.2, 0.25) is 10.0 Å². The first-order valence-electron chi connectivity index (χ1n) is 8.82. The van der Waals surface area contributed by atoms with Crippen LogP contribution in [0, 0.1) is 11.6 Å². The summed E-state index contributed by atoms with van der Waals surface area (Å²) in [5, 5.41) is 3.05. The van der Waals surface area contributed by atoms with E-state index < -0.39 is 27.6 Å². The number of carbonyl (C=O) groups excluding carboxylic acids is 1. The monoisotopic (exact) mass is 484 g/mol. The van der Waals surface area contributed by atoms with Crippen molar-refractivity contribution in [3.05, 3.63) is 93.5 Å². The topological polar surface area (TPSA) is 66.5 Å². The number of amides is 1. The van der Waals surface area contributed by atoms with Gasteiger partial charge in [-0.25, -0.2) is 17.2 Å². The van der Waals surface area contributed by atoms with Gasteiger partial charge < -0.3 is 5.32 Å². The molecule has 0 heterocycles. The highest BCUT2D eigenvalue weighted by atomic mass is 35.5. The molecule has 162 valence electrons. The van der Waals surface area contributed by atoms with E-state index in [-0.39, 0.29) is 17.8 Å². The fraction of sp³-hybridized carbons (Fsp3) is 0.0952. The van der Waals surface area contributed by atoms with E-state index in [4.69, 9.17) is 23.2 Å². The zero-order valence-electron chi connectivity index (χ0n) is 16.1. The summed E-state index contributed by atoms with van der Waals surface area (Å²) >= 11 is 12.0. The van der Waals surface area contributed by atoms with Crippen LogP contribution in [0.3, 0.4) is 0 Å². The summed E-state index contributed by atoms with van der Waals surface area (Å²) in [7, 11) is -3.65. The third kappa shape index (κ3) is 5.94. The lowest BCUT2D eigenvalue weighted by Crippen LogP contribution is -2.29. The van der Waals surface area contributed by atoms with E-state index in [1.54, 1.807) is 12.1 Å². The van der Waals surface area contributed by atoms with Crippen molar-refractivity contribution in [1.29, 1.82) is 0 Å². The molecule has 0 aliphatic carbocycles. The first kappa shape index (κ1) is 23.0. The fourth-order valence-electron chi connectivity index (χ4n) is 2.79. The van der Waals surface area contributed by atoms with Crippen LogP contribution in [0.5, 0.6) is 0 Å². The molecule has 31 heavy (non-hydrogen) atoms. The molecule has 10 heteroatoms. The van der Waals surface area contributed by atoms with Crippen LogP contribution < -0.4 is 9.62 Å². The van der Waals surface area contributed by atoms with Crippen LogP contribution in [-0.4, -0.2) is 20.6 Å². The molecule has 0 spiro atoms. The van der Waals surface area contributed by atoms with Gasteiger partial charge in [0.25, 0.3) is 5.91 Å². The minimum Gasteiger partial charge on any atom is -0.322 e. The van der Waals surface area contributed by atoms with E-state index >= 15 is 0 Å². The van der Waals surface area contributed by atoms with E-state index in [1.165, 1.54) is 36.4 Å². The predicted molar refractivity (Wildman–Crippen MR) is 118 cm³/mol. The third-order valence-electron chi connectivity index (χ3n) is 4.26. The Morgan fingerprint density at radius 3 is 2.10 bits per heavy atom. The van der Waals surface area contributed by atoms with Crippen molar-refractivity contribution in [2.24, 2.45) is 0 Å². The average Bonchev–Trinajstić information content (AvgIpc) is 2.67. The minimum atomic E-state index is -3.65. The Hall–Kier alpha value is -2.68. The molecule has 0 radical (unpaired) electrons. The van der Waals surface area contributed by atoms with Crippen molar-refractivity contribution in [3.8, 4) is 0 Å². The smallest absolute Gasteiger partial charge is 0.255 e. The molecule has 0 atom stereocenters. The first-order chi connectivity index (χ1) is 14.5. The summed E-state index contributed by atoms with van der Waals surface area (Å²) in [6.07, 6.45) is 1.06. The molecule has 0 aliphatic heterocycles. The molecule has 0 saturated heterocycles. The number of benzene rings is 3. The highest BCUT2D eigenvalue weighted by Gasteiger charge is 2.19. The van der Waals surface area contributed by atoms with Crippen molar-refractivity contribution in [2.45, 2.75) is 6.54 Å². The van der Waals surface area contributed by atoms with Gasteiger partial charge in [-0.05, 0) is 48.0 Å². The van der Waals surface area contributed by atoms with Gasteiger partial charge in [-0.1, -0.05) is 35.3 Å². The van der Waals surface area contributed by atoms with Crippen molar-refractivity contribution >= 4 is 50.5 Å². The number of anilines is 2. The zero-order chi connectivity index (χ0) is 22.8. The number of nitrogens with zero attached hydrogens (tertiary/aromatic N) is 1. The van der Waals surface area contributed by atoms with E-state index in [1.807, 2.05) is 0 Å². The molecule has 5 nitrogen and oxygen atoms in total. The van der Waals surface area contributed by atoms with Gasteiger partial charge in [-0.3, -0.25) is 9.10 Å². The normalized spacial score (nSPS) is 11.3. The highest BCUT2D eigenvalue weighted by Crippen LogP contribution is 2.28. The summed E-state index contributed by atoms with van der Waals surface area (Å²) in [6, 6.07) is 13.7. The van der Waals surface area contributed by atoms with Crippen molar-refractivity contribution < 1.29 is 22.0 Å². The second-order valence-electron chi connectivity index (χ2n) is 6.68. The Morgan fingerprint density at radius 2 is 1.55 bits per heavy atom. The fourth-order valence-corrected chi connectivity index (χ4v) is 4.17. The Balaban J connectivity index is 1.79. The molecule has 3 rings (SSSR count). The molecule has 0 unspecified atom stereocenters. The molecule has 0 aromatic heterocycles. The van der Waals surface area contributed by atoms with Crippen molar-refractivity contribution in [1.82, 2.24) is 0 Å². The molecular formula is C21H16Cl2F2N2O3S. The van der Waals surface area contributed by atoms with Crippen LogP contribution in [0.15, 0.2) is 60.7 Å². The number of carbonyl (C=O) groups is 1. The Bertz CT molecular complexity index is 1220. The minimum absolute atomic E-state index is 0.0133. The van der Waals surface area contributed by atoms with Gasteiger partial charge in [0.15, 0.2) is 11.6 Å². The maximum Gasteiger partial charge on any atom is 0.255 e. The van der Waals surface area contributed by atoms with E-state index in [9.17, 15) is 22.0 Å². The number of sulfonamides is 1. The summed E-state index contributed by atoms with van der Waals surface area (Å²) in [5.41, 5.74) is 1.27. The number of halogens is 4. The lowest BCUT2D eigenvalue weighted by Gasteiger charge is -2.23. The number of rotatable bonds is 6. The van der Waals surface area contributed by atoms with Gasteiger partial charge in [-0.15, -0.1) is 0 Å². The lowest BCUT2D eigenvalue weighted by molar-refractivity contribution is 0.102. The second kappa shape index (κ2) is 9.21. The molecule has 3 aromatic carbocycles. The summed E-state index contributed by atoms with van der Waals surface area (Å²) in [5.74, 6) is -2.62. The van der Waals surface area contributed by atoms with E-state index in [0.717, 1.165) is 22.7 Å². The largest absolute Gasteiger partial charge is 0.322 e. The lowest BCUT2D eigenvalue weighted by atomic mass is 10.1. The van der Waals surface area contributed by atoms with Gasteiger partial charge in [0.05, 0.1) is 18.5 Å². The Kier molecular flexibility index (Phi) is 6.83. The van der Waals surface area contributed by atoms with Gasteiger partial charge in [0.2, 0.25) is 10.0 Å². The van der Waals surface area contributed by atoms with Crippen LogP contribution in [0.1, 0.15) is 15.9 Å². The number of hydrogen-bond acceptors (Lipinski definition) is 3. The third-order valence-corrected chi connectivity index (χ3v) is 5.83. The quantitative estimate of drug-likeness (QED) is 0.502. The standard InChI is InChI=1S/C21H16Cl2F2N2O3S/c1-31(29,30)27(18-9-15(22)8-16(23)10-18)12-13-2-4-14(5-3-13)21(28)26-17-6-7-19(24)20(25)11-17/h2-11H,12H2,1H3,(H,26,28). The van der Waals surface area contributed by atoms with Crippen LogP contribution in [-0.2, 0) is 16.6 Å². The van der Waals surface area contributed by atoms with E-state index in [0.29, 0.717) is 21.3 Å². The molecule has 1 amide bonds. The summed E-state index contributed by atoms with van der Waals surface area (Å²) in [4.78, 5) is 12.3. The maximum atomic E-state index is 13.3. The van der Waals surface area contributed by atoms with Crippen LogP contribution in [0.4, 0.5) is 20.2 Å². The van der Waals surface area contributed by atoms with Crippen molar-refractivity contribution in [3.63, 3.8) is 0 Å². The zero-order valence-corrected chi connectivity index (χ0v) is 18.4. The predicted octanol–water partition coefficient (Wildman–Crippen LogP) is 5.49. The molecular weight excluding hydrogens is 469 g/mol. The Labute approximate surface area is 188 Å². The van der Waals surface area contributed by atoms with Gasteiger partial charge in [0, 0.05) is 27.4 Å². The SMILES string of the molecule is CS(=O)(=O)N(Cc1ccc(C(=O)Nc2ccc(F)c(F)c2)cc1)c1cc(Cl)cc(Cl)c1. The maximum absolute atomic E-state index is 13.3. The second-order valence-corrected chi connectivity index (χ2v) is 9.46. The molecule has 0 bridgehead atoms. The molecule has 0 aliphatic rings. The van der Waals surface area contributed by atoms with Gasteiger partial charge in [-0.2, -0.15) is 0 Å². The molecule has 0 fully saturated rings. The molecule has 0 saturated carbocycles. The van der Waals surface area contributed by atoms with Crippen molar-refractivity contribution in [2.75, 3.05) is 15.9 Å². The number of hydrogen-bond donors (Lipinski definition) is 1. The van der Waals surface area contributed by atoms with E-state index in [2.05, 4.69) is 5.32 Å². The molecule has 3 aromatic rings. The molecule has 1 N–H and O–H groups in total. The Morgan fingerprint density at radius 1 is 0.935 bits per heavy atom. The highest BCUT2D eigenvalue weighted by molar-refractivity contribution is 7.92. The van der Waals surface area contributed by atoms with Crippen LogP contribution in [0.25, 0.3) is 0 Å². The number of nitrogens with one attached hydrogen (secondary N) is 1. The van der Waals surface area contributed by atoms with Gasteiger partial charge in [0.1, 0.15) is 0 Å².